The van der Waals surface area contributed by atoms with Gasteiger partial charge in [0.05, 0.1) is 0 Å². The number of carbonyl (C=O) groups is 1. The van der Waals surface area contributed by atoms with E-state index in [9.17, 15) is 4.79 Å². The molecule has 0 rings (SSSR count). The van der Waals surface area contributed by atoms with E-state index in [0.717, 1.165) is 57.8 Å². The first-order chi connectivity index (χ1) is 12.8. The van der Waals surface area contributed by atoms with Crippen molar-refractivity contribution in [3.05, 3.63) is 46.6 Å². The minimum absolute atomic E-state index is 0.417. The van der Waals surface area contributed by atoms with Crippen molar-refractivity contribution in [2.75, 3.05) is 0 Å². The van der Waals surface area contributed by atoms with Crippen LogP contribution in [0.15, 0.2) is 46.6 Å². The molecule has 0 amide bonds. The fourth-order valence-corrected chi connectivity index (χ4v) is 2.97. The molecule has 1 nitrogen and oxygen atoms in total. The molecule has 0 atom stereocenters. The molecular formula is C26H44O. The second kappa shape index (κ2) is 16.8. The van der Waals surface area contributed by atoms with Gasteiger partial charge in [-0.25, -0.2) is 0 Å². The highest BCUT2D eigenvalue weighted by atomic mass is 16.1. The molecule has 0 aliphatic carbocycles. The fourth-order valence-electron chi connectivity index (χ4n) is 2.97. The Hall–Kier alpha value is -1.37. The van der Waals surface area contributed by atoms with Crippen molar-refractivity contribution in [3.63, 3.8) is 0 Å². The molecule has 0 saturated heterocycles. The summed E-state index contributed by atoms with van der Waals surface area (Å²) in [6.07, 6.45) is 20.8. The van der Waals surface area contributed by atoms with Crippen LogP contribution in [0.3, 0.4) is 0 Å². The minimum atomic E-state index is 0.417. The third kappa shape index (κ3) is 17.8. The van der Waals surface area contributed by atoms with E-state index in [0.29, 0.717) is 12.2 Å². The van der Waals surface area contributed by atoms with Crippen molar-refractivity contribution in [1.29, 1.82) is 0 Å². The standard InChI is InChI=1S/C26H44O/c1-7-8-20-26(27)21-12-19-25(6)18-11-17-24(5)16-10-15-23(4)14-9-13-22(2)3/h13,15,17,19H,7-12,14,16,18,20-21H2,1-6H3. The summed E-state index contributed by atoms with van der Waals surface area (Å²) in [5.41, 5.74) is 5.82. The van der Waals surface area contributed by atoms with Gasteiger partial charge in [0.25, 0.3) is 0 Å². The van der Waals surface area contributed by atoms with Crippen LogP contribution in [0.5, 0.6) is 0 Å². The highest BCUT2D eigenvalue weighted by molar-refractivity contribution is 5.78. The third-order valence-corrected chi connectivity index (χ3v) is 4.88. The van der Waals surface area contributed by atoms with E-state index in [2.05, 4.69) is 65.8 Å². The van der Waals surface area contributed by atoms with Crippen molar-refractivity contribution >= 4 is 5.78 Å². The van der Waals surface area contributed by atoms with Gasteiger partial charge in [0.15, 0.2) is 0 Å². The first-order valence-corrected chi connectivity index (χ1v) is 11.0. The number of hydrogen-bond acceptors (Lipinski definition) is 1. The lowest BCUT2D eigenvalue weighted by atomic mass is 10.0. The van der Waals surface area contributed by atoms with Gasteiger partial charge >= 0.3 is 0 Å². The van der Waals surface area contributed by atoms with Crippen molar-refractivity contribution in [2.45, 2.75) is 112 Å². The van der Waals surface area contributed by atoms with Gasteiger partial charge in [-0.15, -0.1) is 0 Å². The lowest BCUT2D eigenvalue weighted by Crippen LogP contribution is -1.96. The summed E-state index contributed by atoms with van der Waals surface area (Å²) >= 11 is 0. The molecule has 0 aromatic carbocycles. The first-order valence-electron chi connectivity index (χ1n) is 11.0. The number of rotatable bonds is 15. The predicted molar refractivity (Wildman–Crippen MR) is 122 cm³/mol. The molecule has 154 valence electrons. The average molecular weight is 373 g/mol. The number of ketones is 1. The van der Waals surface area contributed by atoms with Gasteiger partial charge in [-0.05, 0) is 86.0 Å². The zero-order chi connectivity index (χ0) is 20.5. The van der Waals surface area contributed by atoms with Crippen LogP contribution in [0.4, 0.5) is 0 Å². The van der Waals surface area contributed by atoms with Crippen LogP contribution in [-0.4, -0.2) is 5.78 Å². The molecule has 27 heavy (non-hydrogen) atoms. The molecule has 0 fully saturated rings. The van der Waals surface area contributed by atoms with Gasteiger partial charge in [-0.2, -0.15) is 0 Å². The van der Waals surface area contributed by atoms with E-state index in [1.807, 2.05) is 0 Å². The lowest BCUT2D eigenvalue weighted by molar-refractivity contribution is -0.119. The number of hydrogen-bond donors (Lipinski definition) is 0. The zero-order valence-corrected chi connectivity index (χ0v) is 19.0. The Morgan fingerprint density at radius 3 is 1.41 bits per heavy atom. The average Bonchev–Trinajstić information content (AvgIpc) is 2.59. The molecule has 0 radical (unpaired) electrons. The third-order valence-electron chi connectivity index (χ3n) is 4.88. The molecule has 0 N–H and O–H groups in total. The summed E-state index contributed by atoms with van der Waals surface area (Å²) in [6.45, 7) is 13.2. The Balaban J connectivity index is 3.98. The second-order valence-electron chi connectivity index (χ2n) is 8.23. The van der Waals surface area contributed by atoms with Gasteiger partial charge in [-0.1, -0.05) is 59.9 Å². The van der Waals surface area contributed by atoms with Crippen molar-refractivity contribution in [3.8, 4) is 0 Å². The summed E-state index contributed by atoms with van der Waals surface area (Å²) in [6, 6.07) is 0. The van der Waals surface area contributed by atoms with Crippen LogP contribution in [0.25, 0.3) is 0 Å². The molecule has 0 aromatic rings. The maximum absolute atomic E-state index is 11.7. The molecule has 0 aliphatic heterocycles. The van der Waals surface area contributed by atoms with Gasteiger partial charge in [0.2, 0.25) is 0 Å². The largest absolute Gasteiger partial charge is 0.300 e. The Morgan fingerprint density at radius 2 is 1.00 bits per heavy atom. The normalized spacial score (nSPS) is 13.0. The summed E-state index contributed by atoms with van der Waals surface area (Å²) < 4.78 is 0. The molecule has 0 aliphatic rings. The second-order valence-corrected chi connectivity index (χ2v) is 8.23. The molecule has 0 saturated carbocycles. The zero-order valence-electron chi connectivity index (χ0n) is 19.0. The van der Waals surface area contributed by atoms with Crippen LogP contribution in [0, 0.1) is 0 Å². The van der Waals surface area contributed by atoms with E-state index >= 15 is 0 Å². The van der Waals surface area contributed by atoms with E-state index in [1.165, 1.54) is 28.7 Å². The van der Waals surface area contributed by atoms with Gasteiger partial charge in [0.1, 0.15) is 5.78 Å². The molecule has 1 heteroatoms. The Labute approximate surface area is 169 Å². The highest BCUT2D eigenvalue weighted by Gasteiger charge is 1.99. The number of allylic oxidation sites excluding steroid dienone is 8. The van der Waals surface area contributed by atoms with Crippen molar-refractivity contribution < 1.29 is 4.79 Å². The number of carbonyl (C=O) groups excluding carboxylic acids is 1. The summed E-state index contributed by atoms with van der Waals surface area (Å²) in [5.74, 6) is 0.417. The Kier molecular flexibility index (Phi) is 15.9. The van der Waals surface area contributed by atoms with E-state index in [4.69, 9.17) is 0 Å². The summed E-state index contributed by atoms with van der Waals surface area (Å²) in [5, 5.41) is 0. The lowest BCUT2D eigenvalue weighted by Gasteiger charge is -2.03. The maximum Gasteiger partial charge on any atom is 0.133 e. The molecule has 0 bridgehead atoms. The van der Waals surface area contributed by atoms with Crippen LogP contribution < -0.4 is 0 Å². The van der Waals surface area contributed by atoms with Crippen molar-refractivity contribution in [2.24, 2.45) is 0 Å². The topological polar surface area (TPSA) is 17.1 Å². The Bertz CT molecular complexity index is 524. The molecular weight excluding hydrogens is 328 g/mol. The molecule has 0 aromatic heterocycles. The maximum atomic E-state index is 11.7. The van der Waals surface area contributed by atoms with E-state index in [-0.39, 0.29) is 0 Å². The molecule has 0 heterocycles. The van der Waals surface area contributed by atoms with E-state index < -0.39 is 0 Å². The number of unbranched alkanes of at least 4 members (excludes halogenated alkanes) is 1. The van der Waals surface area contributed by atoms with Crippen LogP contribution in [0.1, 0.15) is 112 Å². The van der Waals surface area contributed by atoms with Crippen molar-refractivity contribution in [1.82, 2.24) is 0 Å². The molecule has 0 spiro atoms. The monoisotopic (exact) mass is 372 g/mol. The van der Waals surface area contributed by atoms with Crippen LogP contribution in [0.2, 0.25) is 0 Å². The summed E-state index contributed by atoms with van der Waals surface area (Å²) in [7, 11) is 0. The van der Waals surface area contributed by atoms with Gasteiger partial charge in [0, 0.05) is 12.8 Å². The van der Waals surface area contributed by atoms with Crippen LogP contribution >= 0.6 is 0 Å². The summed E-state index contributed by atoms with van der Waals surface area (Å²) in [4.78, 5) is 11.7. The minimum Gasteiger partial charge on any atom is -0.300 e. The smallest absolute Gasteiger partial charge is 0.133 e. The van der Waals surface area contributed by atoms with Gasteiger partial charge < -0.3 is 0 Å². The highest BCUT2D eigenvalue weighted by Crippen LogP contribution is 2.14. The van der Waals surface area contributed by atoms with Crippen LogP contribution in [-0.2, 0) is 4.79 Å². The first kappa shape index (κ1) is 25.6. The van der Waals surface area contributed by atoms with E-state index in [1.54, 1.807) is 0 Å². The SMILES string of the molecule is CCCCC(=O)CCC=C(C)CCC=C(C)CCC=C(C)CCC=C(C)C. The fraction of sp³-hybridized carbons (Fsp3) is 0.654. The predicted octanol–water partition coefficient (Wildman–Crippen LogP) is 8.67. The van der Waals surface area contributed by atoms with Gasteiger partial charge in [-0.3, -0.25) is 4.79 Å². The Morgan fingerprint density at radius 1 is 0.593 bits per heavy atom. The number of Topliss-reactive ketones (excluding diaryl/α,β-unsaturated/α-hetero) is 1. The quantitative estimate of drug-likeness (QED) is 0.263. The molecule has 0 unspecified atom stereocenters.